The summed E-state index contributed by atoms with van der Waals surface area (Å²) < 4.78 is 27.7. The van der Waals surface area contributed by atoms with E-state index in [0.717, 1.165) is 25.9 Å². The molecule has 1 fully saturated rings. The fraction of sp³-hybridized carbons (Fsp3) is 0.538. The molecular formula is C13H16F2N2. The van der Waals surface area contributed by atoms with Gasteiger partial charge in [0.2, 0.25) is 0 Å². The van der Waals surface area contributed by atoms with Crippen molar-refractivity contribution in [2.75, 3.05) is 13.1 Å². The summed E-state index contributed by atoms with van der Waals surface area (Å²) in [5.74, 6) is -0.604. The van der Waals surface area contributed by atoms with Crippen LogP contribution < -0.4 is 5.73 Å². The van der Waals surface area contributed by atoms with Gasteiger partial charge in [0.15, 0.2) is 0 Å². The zero-order valence-electron chi connectivity index (χ0n) is 9.63. The Balaban J connectivity index is 2.12. The lowest BCUT2D eigenvalue weighted by molar-refractivity contribution is 0.114. The maximum atomic E-state index is 13.9. The molecule has 0 saturated carbocycles. The predicted molar refractivity (Wildman–Crippen MR) is 61.6 cm³/mol. The third-order valence-electron chi connectivity index (χ3n) is 3.97. The van der Waals surface area contributed by atoms with Crippen LogP contribution in [0.4, 0.5) is 8.78 Å². The molecule has 2 atom stereocenters. The Hall–Kier alpha value is -1.00. The van der Waals surface area contributed by atoms with Crippen molar-refractivity contribution in [3.05, 3.63) is 34.9 Å². The van der Waals surface area contributed by atoms with Crippen molar-refractivity contribution in [1.29, 1.82) is 0 Å². The molecule has 2 heterocycles. The smallest absolute Gasteiger partial charge is 0.128 e. The van der Waals surface area contributed by atoms with E-state index in [4.69, 9.17) is 5.73 Å². The standard InChI is InChI=1S/C13H16F2N2/c14-9-3-4-10(15)12-8(9)5-7-17-6-1-2-11(16)13(12)17/h3-4,11,13H,1-2,5-7,16H2. The second-order valence-corrected chi connectivity index (χ2v) is 4.96. The highest BCUT2D eigenvalue weighted by Crippen LogP contribution is 2.38. The fourth-order valence-corrected chi connectivity index (χ4v) is 3.18. The maximum absolute atomic E-state index is 13.9. The van der Waals surface area contributed by atoms with E-state index in [-0.39, 0.29) is 23.7 Å². The van der Waals surface area contributed by atoms with Crippen molar-refractivity contribution in [2.45, 2.75) is 31.3 Å². The van der Waals surface area contributed by atoms with Crippen LogP contribution in [-0.4, -0.2) is 24.0 Å². The maximum Gasteiger partial charge on any atom is 0.128 e. The third kappa shape index (κ3) is 1.67. The van der Waals surface area contributed by atoms with Gasteiger partial charge in [0.05, 0.1) is 6.04 Å². The molecule has 1 aromatic rings. The van der Waals surface area contributed by atoms with E-state index in [1.807, 2.05) is 0 Å². The van der Waals surface area contributed by atoms with E-state index < -0.39 is 0 Å². The van der Waals surface area contributed by atoms with Gasteiger partial charge in [0.25, 0.3) is 0 Å². The molecule has 92 valence electrons. The van der Waals surface area contributed by atoms with Crippen molar-refractivity contribution in [1.82, 2.24) is 4.90 Å². The van der Waals surface area contributed by atoms with Crippen molar-refractivity contribution < 1.29 is 8.78 Å². The summed E-state index contributed by atoms with van der Waals surface area (Å²) in [7, 11) is 0. The Morgan fingerprint density at radius 1 is 1.18 bits per heavy atom. The minimum Gasteiger partial charge on any atom is -0.326 e. The first-order chi connectivity index (χ1) is 8.18. The number of benzene rings is 1. The summed E-state index contributed by atoms with van der Waals surface area (Å²) in [6.45, 7) is 1.72. The highest BCUT2D eigenvalue weighted by atomic mass is 19.1. The van der Waals surface area contributed by atoms with Crippen LogP contribution in [-0.2, 0) is 6.42 Å². The minimum absolute atomic E-state index is 0.0842. The van der Waals surface area contributed by atoms with Gasteiger partial charge < -0.3 is 5.73 Å². The van der Waals surface area contributed by atoms with Crippen molar-refractivity contribution in [3.63, 3.8) is 0 Å². The van der Waals surface area contributed by atoms with Crippen LogP contribution in [0.15, 0.2) is 12.1 Å². The van der Waals surface area contributed by atoms with Gasteiger partial charge >= 0.3 is 0 Å². The van der Waals surface area contributed by atoms with Crippen LogP contribution in [0, 0.1) is 11.6 Å². The number of hydrogen-bond acceptors (Lipinski definition) is 2. The number of hydrogen-bond donors (Lipinski definition) is 1. The van der Waals surface area contributed by atoms with E-state index in [9.17, 15) is 8.78 Å². The highest BCUT2D eigenvalue weighted by molar-refractivity contribution is 5.36. The normalized spacial score (nSPS) is 28.6. The minimum atomic E-state index is -0.312. The van der Waals surface area contributed by atoms with Gasteiger partial charge in [-0.25, -0.2) is 8.78 Å². The van der Waals surface area contributed by atoms with Crippen molar-refractivity contribution >= 4 is 0 Å². The molecule has 1 aromatic carbocycles. The predicted octanol–water partition coefficient (Wildman–Crippen LogP) is 1.99. The molecule has 3 rings (SSSR count). The summed E-state index contributed by atoms with van der Waals surface area (Å²) in [5, 5.41) is 0. The van der Waals surface area contributed by atoms with Gasteiger partial charge in [-0.05, 0) is 43.5 Å². The molecule has 2 nitrogen and oxygen atoms in total. The summed E-state index contributed by atoms with van der Waals surface area (Å²) >= 11 is 0. The molecule has 4 heteroatoms. The van der Waals surface area contributed by atoms with Crippen LogP contribution in [0.3, 0.4) is 0 Å². The van der Waals surface area contributed by atoms with Gasteiger partial charge in [-0.3, -0.25) is 4.90 Å². The lowest BCUT2D eigenvalue weighted by Crippen LogP contribution is -2.49. The molecule has 2 aliphatic rings. The lowest BCUT2D eigenvalue weighted by atomic mass is 9.83. The Bertz CT molecular complexity index is 447. The van der Waals surface area contributed by atoms with Gasteiger partial charge in [-0.1, -0.05) is 0 Å². The number of nitrogens with zero attached hydrogens (tertiary/aromatic N) is 1. The average molecular weight is 238 g/mol. The van der Waals surface area contributed by atoms with E-state index in [1.165, 1.54) is 12.1 Å². The Kier molecular flexibility index (Phi) is 2.64. The van der Waals surface area contributed by atoms with Crippen molar-refractivity contribution in [2.24, 2.45) is 5.73 Å². The van der Waals surface area contributed by atoms with Crippen LogP contribution in [0.25, 0.3) is 0 Å². The average Bonchev–Trinajstić information content (AvgIpc) is 2.33. The zero-order chi connectivity index (χ0) is 12.0. The quantitative estimate of drug-likeness (QED) is 0.749. The summed E-state index contributed by atoms with van der Waals surface area (Å²) in [5.41, 5.74) is 7.13. The number of halogens is 2. The molecule has 2 N–H and O–H groups in total. The van der Waals surface area contributed by atoms with Gasteiger partial charge in [-0.15, -0.1) is 0 Å². The first-order valence-electron chi connectivity index (χ1n) is 6.15. The molecule has 17 heavy (non-hydrogen) atoms. The number of nitrogens with two attached hydrogens (primary N) is 1. The Morgan fingerprint density at radius 2 is 1.94 bits per heavy atom. The molecule has 0 radical (unpaired) electrons. The van der Waals surface area contributed by atoms with Crippen LogP contribution in [0.1, 0.15) is 30.0 Å². The van der Waals surface area contributed by atoms with Crippen LogP contribution in [0.5, 0.6) is 0 Å². The molecule has 0 aliphatic carbocycles. The number of fused-ring (bicyclic) bond motifs is 3. The molecule has 1 saturated heterocycles. The molecule has 0 amide bonds. The molecular weight excluding hydrogens is 222 g/mol. The largest absolute Gasteiger partial charge is 0.326 e. The molecule has 2 unspecified atom stereocenters. The summed E-state index contributed by atoms with van der Waals surface area (Å²) in [4.78, 5) is 2.19. The summed E-state index contributed by atoms with van der Waals surface area (Å²) in [6.07, 6.45) is 2.52. The van der Waals surface area contributed by atoms with Crippen LogP contribution in [0.2, 0.25) is 0 Å². The molecule has 0 spiro atoms. The molecule has 0 aromatic heterocycles. The second-order valence-electron chi connectivity index (χ2n) is 4.96. The van der Waals surface area contributed by atoms with Crippen LogP contribution >= 0.6 is 0 Å². The molecule has 2 aliphatic heterocycles. The SMILES string of the molecule is NC1CCCN2CCc3c(F)ccc(F)c3C12. The first kappa shape index (κ1) is 11.1. The third-order valence-corrected chi connectivity index (χ3v) is 3.97. The summed E-state index contributed by atoms with van der Waals surface area (Å²) in [6, 6.07) is 2.22. The van der Waals surface area contributed by atoms with E-state index in [2.05, 4.69) is 4.90 Å². The second kappa shape index (κ2) is 4.03. The van der Waals surface area contributed by atoms with Gasteiger partial charge in [0.1, 0.15) is 11.6 Å². The van der Waals surface area contributed by atoms with E-state index in [0.29, 0.717) is 17.5 Å². The topological polar surface area (TPSA) is 29.3 Å². The zero-order valence-corrected chi connectivity index (χ0v) is 9.63. The number of rotatable bonds is 0. The Labute approximate surface area is 99.4 Å². The monoisotopic (exact) mass is 238 g/mol. The van der Waals surface area contributed by atoms with E-state index in [1.54, 1.807) is 0 Å². The van der Waals surface area contributed by atoms with E-state index >= 15 is 0 Å². The number of piperidine rings is 1. The molecule has 0 bridgehead atoms. The van der Waals surface area contributed by atoms with Gasteiger partial charge in [-0.2, -0.15) is 0 Å². The lowest BCUT2D eigenvalue weighted by Gasteiger charge is -2.44. The van der Waals surface area contributed by atoms with Crippen molar-refractivity contribution in [3.8, 4) is 0 Å². The fourth-order valence-electron chi connectivity index (χ4n) is 3.18. The first-order valence-corrected chi connectivity index (χ1v) is 6.15. The van der Waals surface area contributed by atoms with Gasteiger partial charge in [0, 0.05) is 18.2 Å². The highest BCUT2D eigenvalue weighted by Gasteiger charge is 2.37. The Morgan fingerprint density at radius 3 is 2.76 bits per heavy atom.